The van der Waals surface area contributed by atoms with Crippen LogP contribution in [0.5, 0.6) is 0 Å². The highest BCUT2D eigenvalue weighted by molar-refractivity contribution is 6.27. The molecule has 1 aliphatic rings. The van der Waals surface area contributed by atoms with Gasteiger partial charge in [0.2, 0.25) is 0 Å². The van der Waals surface area contributed by atoms with Gasteiger partial charge in [-0.15, -0.1) is 0 Å². The van der Waals surface area contributed by atoms with E-state index < -0.39 is 0 Å². The number of fused-ring (bicyclic) bond motifs is 2. The van der Waals surface area contributed by atoms with Crippen molar-refractivity contribution in [1.82, 2.24) is 10.2 Å². The smallest absolute Gasteiger partial charge is 0.196 e. The molecule has 0 atom stereocenters. The molecule has 0 bridgehead atoms. The summed E-state index contributed by atoms with van der Waals surface area (Å²) in [5.74, 6) is 0.0102. The Kier molecular flexibility index (Phi) is 2.19. The summed E-state index contributed by atoms with van der Waals surface area (Å²) < 4.78 is 0. The van der Waals surface area contributed by atoms with Crippen LogP contribution in [-0.2, 0) is 0 Å². The Balaban J connectivity index is 2.12. The van der Waals surface area contributed by atoms with Gasteiger partial charge in [-0.1, -0.05) is 24.3 Å². The first-order valence-corrected chi connectivity index (χ1v) is 6.40. The highest BCUT2D eigenvalue weighted by atomic mass is 16.1. The van der Waals surface area contributed by atoms with Crippen molar-refractivity contribution >= 4 is 22.4 Å². The third kappa shape index (κ3) is 1.30. The zero-order valence-electron chi connectivity index (χ0n) is 10.6. The monoisotopic (exact) mass is 264 g/mol. The maximum absolute atomic E-state index is 12.8. The van der Waals surface area contributed by atoms with E-state index in [1.54, 1.807) is 0 Å². The molecule has 0 saturated heterocycles. The molecule has 1 aliphatic carbocycles. The third-order valence-corrected chi connectivity index (χ3v) is 3.67. The predicted molar refractivity (Wildman–Crippen MR) is 77.6 cm³/mol. The van der Waals surface area contributed by atoms with Crippen LogP contribution in [0, 0.1) is 0 Å². The van der Waals surface area contributed by atoms with Crippen LogP contribution in [0.2, 0.25) is 0 Å². The van der Waals surface area contributed by atoms with Gasteiger partial charge in [0.1, 0.15) is 5.69 Å². The summed E-state index contributed by atoms with van der Waals surface area (Å²) in [6.07, 6.45) is 0. The minimum atomic E-state index is 0.0102. The van der Waals surface area contributed by atoms with Crippen molar-refractivity contribution in [3.63, 3.8) is 0 Å². The summed E-state index contributed by atoms with van der Waals surface area (Å²) >= 11 is 0. The number of carbonyl (C=O) groups excluding carboxylic acids is 1. The number of aromatic amines is 1. The summed E-state index contributed by atoms with van der Waals surface area (Å²) in [5.41, 5.74) is 10.2. The van der Waals surface area contributed by atoms with Gasteiger partial charge in [-0.25, -0.2) is 0 Å². The first kappa shape index (κ1) is 11.2. The second-order valence-corrected chi connectivity index (χ2v) is 4.74. The van der Waals surface area contributed by atoms with Gasteiger partial charge in [0.05, 0.1) is 17.7 Å². The molecule has 0 spiro atoms. The molecule has 0 radical (unpaired) electrons. The van der Waals surface area contributed by atoms with Crippen molar-refractivity contribution in [3.05, 3.63) is 47.5 Å². The number of hydrogen-bond acceptors (Lipinski definition) is 4. The number of ketones is 1. The molecule has 0 unspecified atom stereocenters. The van der Waals surface area contributed by atoms with Crippen molar-refractivity contribution in [2.75, 3.05) is 12.0 Å². The van der Waals surface area contributed by atoms with E-state index in [1.807, 2.05) is 36.4 Å². The van der Waals surface area contributed by atoms with E-state index in [9.17, 15) is 4.79 Å². The van der Waals surface area contributed by atoms with Crippen LogP contribution in [0.4, 0.5) is 5.69 Å². The molecule has 1 aromatic heterocycles. The highest BCUT2D eigenvalue weighted by Crippen LogP contribution is 2.40. The minimum Gasteiger partial charge on any atom is -0.372 e. The second-order valence-electron chi connectivity index (χ2n) is 4.74. The lowest BCUT2D eigenvalue weighted by Gasteiger charge is -2.18. The molecule has 0 fully saturated rings. The largest absolute Gasteiger partial charge is 0.372 e. The summed E-state index contributed by atoms with van der Waals surface area (Å²) in [6.45, 7) is 0.279. The molecule has 98 valence electrons. The highest BCUT2D eigenvalue weighted by Gasteiger charge is 2.29. The van der Waals surface area contributed by atoms with Gasteiger partial charge in [-0.05, 0) is 12.1 Å². The Bertz CT molecular complexity index is 850. The summed E-state index contributed by atoms with van der Waals surface area (Å²) in [4.78, 5) is 12.8. The van der Waals surface area contributed by atoms with Crippen LogP contribution in [0.3, 0.4) is 0 Å². The normalized spacial score (nSPS) is 12.6. The van der Waals surface area contributed by atoms with Gasteiger partial charge in [0, 0.05) is 22.2 Å². The number of hydrogen-bond donors (Lipinski definition) is 3. The lowest BCUT2D eigenvalue weighted by Crippen LogP contribution is -2.17. The topological polar surface area (TPSA) is 83.8 Å². The van der Waals surface area contributed by atoms with Crippen molar-refractivity contribution in [2.24, 2.45) is 5.73 Å². The van der Waals surface area contributed by atoms with Crippen molar-refractivity contribution in [1.29, 1.82) is 0 Å². The molecule has 0 amide bonds. The van der Waals surface area contributed by atoms with Crippen LogP contribution in [-0.4, -0.2) is 22.6 Å². The lowest BCUT2D eigenvalue weighted by atomic mass is 9.86. The maximum Gasteiger partial charge on any atom is 0.196 e. The Hall–Kier alpha value is -2.66. The fraction of sp³-hybridized carbons (Fsp3) is 0.0667. The molecular weight excluding hydrogens is 252 g/mol. The van der Waals surface area contributed by atoms with E-state index >= 15 is 0 Å². The lowest BCUT2D eigenvalue weighted by molar-refractivity contribution is 0.104. The predicted octanol–water partition coefficient (Wildman–Crippen LogP) is 2.10. The van der Waals surface area contributed by atoms with Gasteiger partial charge in [-0.3, -0.25) is 9.89 Å². The molecule has 4 N–H and O–H groups in total. The van der Waals surface area contributed by atoms with E-state index in [0.717, 1.165) is 27.8 Å². The Morgan fingerprint density at radius 3 is 2.80 bits per heavy atom. The molecule has 2 aromatic carbocycles. The average Bonchev–Trinajstić information content (AvgIpc) is 2.90. The van der Waals surface area contributed by atoms with Crippen molar-refractivity contribution < 1.29 is 4.79 Å². The quantitative estimate of drug-likeness (QED) is 0.484. The summed E-state index contributed by atoms with van der Waals surface area (Å²) in [7, 11) is 0. The molecule has 0 aliphatic heterocycles. The van der Waals surface area contributed by atoms with Crippen LogP contribution in [0.25, 0.3) is 22.2 Å². The van der Waals surface area contributed by atoms with Gasteiger partial charge in [0.25, 0.3) is 0 Å². The maximum atomic E-state index is 12.8. The van der Waals surface area contributed by atoms with Crippen LogP contribution >= 0.6 is 0 Å². The molecule has 4 rings (SSSR count). The van der Waals surface area contributed by atoms with Crippen LogP contribution < -0.4 is 11.1 Å². The molecule has 5 nitrogen and oxygen atoms in total. The third-order valence-electron chi connectivity index (χ3n) is 3.67. The minimum absolute atomic E-state index is 0.0102. The standard InChI is InChI=1S/C15H12N4O/c16-7-17-10-5-1-3-8-13(10)15(20)9-4-2-6-11-12(9)14(8)19-18-11/h1-6,17H,7,16H2,(H,18,19). The van der Waals surface area contributed by atoms with Crippen molar-refractivity contribution in [3.8, 4) is 11.3 Å². The van der Waals surface area contributed by atoms with E-state index in [1.165, 1.54) is 0 Å². The average molecular weight is 264 g/mol. The van der Waals surface area contributed by atoms with Gasteiger partial charge in [0.15, 0.2) is 5.78 Å². The summed E-state index contributed by atoms with van der Waals surface area (Å²) in [5, 5.41) is 11.3. The number of nitrogens with two attached hydrogens (primary N) is 1. The second kappa shape index (κ2) is 3.91. The number of anilines is 1. The first-order chi connectivity index (χ1) is 9.81. The number of carbonyl (C=O) groups is 1. The zero-order valence-corrected chi connectivity index (χ0v) is 10.6. The molecule has 1 heterocycles. The molecular formula is C15H12N4O. The van der Waals surface area contributed by atoms with Gasteiger partial charge < -0.3 is 11.1 Å². The first-order valence-electron chi connectivity index (χ1n) is 6.40. The van der Waals surface area contributed by atoms with E-state index in [4.69, 9.17) is 5.73 Å². The van der Waals surface area contributed by atoms with Crippen LogP contribution in [0.1, 0.15) is 15.9 Å². The SMILES string of the molecule is NCNc1cccc2c1C(=O)c1cccc3[nH]nc-2c13. The van der Waals surface area contributed by atoms with E-state index in [0.29, 0.717) is 11.1 Å². The van der Waals surface area contributed by atoms with Crippen molar-refractivity contribution in [2.45, 2.75) is 0 Å². The summed E-state index contributed by atoms with van der Waals surface area (Å²) in [6, 6.07) is 11.3. The molecule has 3 aromatic rings. The number of nitrogens with zero attached hydrogens (tertiary/aromatic N) is 1. The fourth-order valence-corrected chi connectivity index (χ4v) is 2.84. The Morgan fingerprint density at radius 1 is 1.15 bits per heavy atom. The van der Waals surface area contributed by atoms with Gasteiger partial charge >= 0.3 is 0 Å². The van der Waals surface area contributed by atoms with E-state index in [-0.39, 0.29) is 12.5 Å². The number of benzene rings is 2. The number of H-pyrrole nitrogens is 1. The Labute approximate surface area is 114 Å². The van der Waals surface area contributed by atoms with E-state index in [2.05, 4.69) is 15.5 Å². The van der Waals surface area contributed by atoms with Gasteiger partial charge in [-0.2, -0.15) is 5.10 Å². The Morgan fingerprint density at radius 2 is 1.95 bits per heavy atom. The number of nitrogens with one attached hydrogen (secondary N) is 2. The molecule has 5 heteroatoms. The number of aromatic nitrogens is 2. The zero-order chi connectivity index (χ0) is 13.7. The molecule has 0 saturated carbocycles. The molecule has 20 heavy (non-hydrogen) atoms. The van der Waals surface area contributed by atoms with Crippen LogP contribution in [0.15, 0.2) is 36.4 Å². The fourth-order valence-electron chi connectivity index (χ4n) is 2.84. The number of rotatable bonds is 2.